The number of esters is 1. The van der Waals surface area contributed by atoms with Crippen LogP contribution in [-0.4, -0.2) is 29.2 Å². The highest BCUT2D eigenvalue weighted by Gasteiger charge is 2.12. The largest absolute Gasteiger partial charge is 0.493 e. The molecule has 0 saturated heterocycles. The van der Waals surface area contributed by atoms with Crippen molar-refractivity contribution in [1.29, 1.82) is 0 Å². The quantitative estimate of drug-likeness (QED) is 0.207. The minimum absolute atomic E-state index is 0.106. The second-order valence-corrected chi connectivity index (χ2v) is 6.19. The predicted octanol–water partition coefficient (Wildman–Crippen LogP) is 3.97. The van der Waals surface area contributed by atoms with E-state index in [-0.39, 0.29) is 11.4 Å². The molecular weight excluding hydrogens is 388 g/mol. The second-order valence-electron chi connectivity index (χ2n) is 6.19. The van der Waals surface area contributed by atoms with Gasteiger partial charge in [0.2, 0.25) is 0 Å². The van der Waals surface area contributed by atoms with Crippen LogP contribution in [0.25, 0.3) is 0 Å². The van der Waals surface area contributed by atoms with E-state index in [1.165, 1.54) is 25.5 Å². The number of carbonyl (C=O) groups excluding carboxylic acids is 1. The van der Waals surface area contributed by atoms with E-state index in [9.17, 15) is 14.9 Å². The Hall–Kier alpha value is -4.27. The molecule has 0 fully saturated rings. The van der Waals surface area contributed by atoms with Gasteiger partial charge in [0.1, 0.15) is 12.0 Å². The number of carbonyl (C=O) groups is 1. The maximum atomic E-state index is 12.3. The van der Waals surface area contributed by atoms with E-state index in [4.69, 9.17) is 9.47 Å². The molecule has 0 bridgehead atoms. The summed E-state index contributed by atoms with van der Waals surface area (Å²) in [6, 6.07) is 14.8. The molecule has 3 aromatic rings. The molecule has 0 atom stereocenters. The molecule has 9 nitrogen and oxygen atoms in total. The monoisotopic (exact) mass is 406 g/mol. The van der Waals surface area contributed by atoms with Gasteiger partial charge in [-0.3, -0.25) is 15.5 Å². The number of pyridine rings is 1. The van der Waals surface area contributed by atoms with Crippen LogP contribution >= 0.6 is 0 Å². The van der Waals surface area contributed by atoms with Crippen molar-refractivity contribution in [3.05, 3.63) is 87.6 Å². The number of ether oxygens (including phenoxy) is 2. The highest BCUT2D eigenvalue weighted by Crippen LogP contribution is 2.28. The molecule has 9 heteroatoms. The molecule has 152 valence electrons. The van der Waals surface area contributed by atoms with Crippen molar-refractivity contribution in [3.63, 3.8) is 0 Å². The lowest BCUT2D eigenvalue weighted by Gasteiger charge is -2.10. The molecule has 1 N–H and O–H groups in total. The van der Waals surface area contributed by atoms with Crippen LogP contribution in [0.1, 0.15) is 21.5 Å². The van der Waals surface area contributed by atoms with Gasteiger partial charge in [0, 0.05) is 6.07 Å². The highest BCUT2D eigenvalue weighted by molar-refractivity contribution is 5.91. The van der Waals surface area contributed by atoms with Crippen LogP contribution in [0.2, 0.25) is 0 Å². The average molecular weight is 406 g/mol. The molecule has 0 amide bonds. The van der Waals surface area contributed by atoms with Gasteiger partial charge in [0.05, 0.1) is 23.8 Å². The summed E-state index contributed by atoms with van der Waals surface area (Å²) < 4.78 is 10.7. The zero-order chi connectivity index (χ0) is 21.5. The number of anilines is 1. The van der Waals surface area contributed by atoms with E-state index in [0.717, 1.165) is 11.8 Å². The fourth-order valence-corrected chi connectivity index (χ4v) is 2.43. The molecule has 2 aromatic carbocycles. The first-order valence-electron chi connectivity index (χ1n) is 8.82. The van der Waals surface area contributed by atoms with Crippen LogP contribution in [0.4, 0.5) is 11.5 Å². The molecule has 3 rings (SSSR count). The molecular formula is C21H18N4O5. The average Bonchev–Trinajstić information content (AvgIpc) is 2.75. The van der Waals surface area contributed by atoms with Crippen LogP contribution in [0.3, 0.4) is 0 Å². The molecule has 1 heterocycles. The van der Waals surface area contributed by atoms with E-state index in [1.54, 1.807) is 30.3 Å². The molecule has 0 saturated carbocycles. The molecule has 0 spiro atoms. The van der Waals surface area contributed by atoms with Crippen molar-refractivity contribution >= 4 is 23.7 Å². The van der Waals surface area contributed by atoms with Gasteiger partial charge >= 0.3 is 5.97 Å². The molecule has 30 heavy (non-hydrogen) atoms. The number of aromatic nitrogens is 1. The predicted molar refractivity (Wildman–Crippen MR) is 111 cm³/mol. The fourth-order valence-electron chi connectivity index (χ4n) is 2.43. The Labute approximate surface area is 172 Å². The Morgan fingerprint density at radius 2 is 1.90 bits per heavy atom. The van der Waals surface area contributed by atoms with Crippen molar-refractivity contribution < 1.29 is 19.2 Å². The SMILES string of the molecule is COc1cc(/C=N/Nc2ccc([N+](=O)[O-])cn2)ccc1OC(=O)c1ccc(C)cc1. The van der Waals surface area contributed by atoms with Crippen molar-refractivity contribution in [2.75, 3.05) is 12.5 Å². The number of hydrogen-bond acceptors (Lipinski definition) is 8. The van der Waals surface area contributed by atoms with Gasteiger partial charge in [-0.15, -0.1) is 0 Å². The first-order chi connectivity index (χ1) is 14.5. The number of aryl methyl sites for hydroxylation is 1. The fraction of sp³-hybridized carbons (Fsp3) is 0.0952. The van der Waals surface area contributed by atoms with E-state index < -0.39 is 10.9 Å². The number of nitrogens with one attached hydrogen (secondary N) is 1. The Kier molecular flexibility index (Phi) is 6.33. The number of benzene rings is 2. The van der Waals surface area contributed by atoms with Crippen LogP contribution in [0, 0.1) is 17.0 Å². The van der Waals surface area contributed by atoms with Crippen LogP contribution in [0.15, 0.2) is 65.9 Å². The topological polar surface area (TPSA) is 116 Å². The third-order valence-corrected chi connectivity index (χ3v) is 4.03. The lowest BCUT2D eigenvalue weighted by atomic mass is 10.1. The summed E-state index contributed by atoms with van der Waals surface area (Å²) in [7, 11) is 1.47. The number of hydrogen-bond donors (Lipinski definition) is 1. The lowest BCUT2D eigenvalue weighted by molar-refractivity contribution is -0.385. The Morgan fingerprint density at radius 3 is 2.53 bits per heavy atom. The molecule has 0 aliphatic carbocycles. The first-order valence-corrected chi connectivity index (χ1v) is 8.82. The summed E-state index contributed by atoms with van der Waals surface area (Å²) in [5.74, 6) is 0.520. The van der Waals surface area contributed by atoms with Crippen LogP contribution in [-0.2, 0) is 0 Å². The summed E-state index contributed by atoms with van der Waals surface area (Å²) >= 11 is 0. The standard InChI is InChI=1S/C21H18N4O5/c1-14-3-6-16(7-4-14)21(26)30-18-9-5-15(11-19(18)29-2)12-23-24-20-10-8-17(13-22-20)25(27)28/h3-13H,1-2H3,(H,22,24)/b23-12+. The Morgan fingerprint density at radius 1 is 1.13 bits per heavy atom. The molecule has 0 unspecified atom stereocenters. The second kappa shape index (κ2) is 9.28. The first kappa shape index (κ1) is 20.5. The van der Waals surface area contributed by atoms with Gasteiger partial charge in [-0.25, -0.2) is 9.78 Å². The van der Waals surface area contributed by atoms with E-state index in [1.807, 2.05) is 19.1 Å². The smallest absolute Gasteiger partial charge is 0.343 e. The Bertz CT molecular complexity index is 1080. The maximum absolute atomic E-state index is 12.3. The third-order valence-electron chi connectivity index (χ3n) is 4.03. The molecule has 0 aliphatic rings. The normalized spacial score (nSPS) is 10.6. The zero-order valence-corrected chi connectivity index (χ0v) is 16.2. The van der Waals surface area contributed by atoms with Gasteiger partial charge in [0.25, 0.3) is 5.69 Å². The molecule has 0 radical (unpaired) electrons. The Balaban J connectivity index is 1.67. The summed E-state index contributed by atoms with van der Waals surface area (Å²) in [4.78, 5) is 26.3. The van der Waals surface area contributed by atoms with Gasteiger partial charge < -0.3 is 9.47 Å². The summed E-state index contributed by atoms with van der Waals surface area (Å²) in [6.07, 6.45) is 2.65. The van der Waals surface area contributed by atoms with Crippen molar-refractivity contribution in [1.82, 2.24) is 4.98 Å². The number of hydrazone groups is 1. The summed E-state index contributed by atoms with van der Waals surface area (Å²) in [5, 5.41) is 14.7. The van der Waals surface area contributed by atoms with E-state index in [0.29, 0.717) is 22.7 Å². The van der Waals surface area contributed by atoms with E-state index >= 15 is 0 Å². The van der Waals surface area contributed by atoms with Gasteiger partial charge in [0.15, 0.2) is 11.5 Å². The zero-order valence-electron chi connectivity index (χ0n) is 16.2. The van der Waals surface area contributed by atoms with Crippen molar-refractivity contribution in [2.45, 2.75) is 6.92 Å². The van der Waals surface area contributed by atoms with Gasteiger partial charge in [-0.05, 0) is 48.9 Å². The minimum atomic E-state index is -0.528. The number of rotatable bonds is 7. The highest BCUT2D eigenvalue weighted by atomic mass is 16.6. The lowest BCUT2D eigenvalue weighted by Crippen LogP contribution is -2.09. The van der Waals surface area contributed by atoms with Crippen molar-refractivity contribution in [2.24, 2.45) is 5.10 Å². The van der Waals surface area contributed by atoms with Crippen molar-refractivity contribution in [3.8, 4) is 11.5 Å². The number of methoxy groups -OCH3 is 1. The van der Waals surface area contributed by atoms with Gasteiger partial charge in [-0.2, -0.15) is 5.10 Å². The maximum Gasteiger partial charge on any atom is 0.343 e. The summed E-state index contributed by atoms with van der Waals surface area (Å²) in [5.41, 5.74) is 4.73. The van der Waals surface area contributed by atoms with E-state index in [2.05, 4.69) is 15.5 Å². The summed E-state index contributed by atoms with van der Waals surface area (Å²) in [6.45, 7) is 1.94. The number of nitrogens with zero attached hydrogens (tertiary/aromatic N) is 3. The molecule has 1 aromatic heterocycles. The third kappa shape index (κ3) is 5.16. The van der Waals surface area contributed by atoms with Crippen LogP contribution in [0.5, 0.6) is 11.5 Å². The number of nitro groups is 1. The minimum Gasteiger partial charge on any atom is -0.493 e. The van der Waals surface area contributed by atoms with Crippen LogP contribution < -0.4 is 14.9 Å². The molecule has 0 aliphatic heterocycles. The van der Waals surface area contributed by atoms with Gasteiger partial charge in [-0.1, -0.05) is 17.7 Å².